The van der Waals surface area contributed by atoms with Crippen molar-refractivity contribution >= 4 is 0 Å². The van der Waals surface area contributed by atoms with E-state index in [1.807, 2.05) is 0 Å². The highest BCUT2D eigenvalue weighted by molar-refractivity contribution is 4.95. The van der Waals surface area contributed by atoms with Gasteiger partial charge in [-0.05, 0) is 39.7 Å². The smallest absolute Gasteiger partial charge is 0.0667 e. The summed E-state index contributed by atoms with van der Waals surface area (Å²) in [6, 6.07) is 2.38. The second kappa shape index (κ2) is 4.81. The second-order valence-corrected chi connectivity index (χ2v) is 5.17. The van der Waals surface area contributed by atoms with E-state index in [-0.39, 0.29) is 0 Å². The van der Waals surface area contributed by atoms with Gasteiger partial charge < -0.3 is 15.0 Å². The fraction of sp³-hybridized carbons (Fsp3) is 1.00. The van der Waals surface area contributed by atoms with E-state index < -0.39 is 0 Å². The lowest BCUT2D eigenvalue weighted by molar-refractivity contribution is 0.101. The first-order valence-corrected chi connectivity index (χ1v) is 6.18. The minimum Gasteiger partial charge on any atom is -0.380 e. The van der Waals surface area contributed by atoms with Crippen LogP contribution < -0.4 is 5.32 Å². The molecule has 88 valence electrons. The second-order valence-electron chi connectivity index (χ2n) is 5.17. The van der Waals surface area contributed by atoms with E-state index in [2.05, 4.69) is 24.2 Å². The molecule has 2 fully saturated rings. The molecule has 0 radical (unpaired) electrons. The molecule has 2 bridgehead atoms. The fourth-order valence-electron chi connectivity index (χ4n) is 2.99. The van der Waals surface area contributed by atoms with Crippen LogP contribution in [-0.2, 0) is 4.74 Å². The third-order valence-corrected chi connectivity index (χ3v) is 4.19. The molecule has 1 N–H and O–H groups in total. The minimum absolute atomic E-state index is 0.335. The number of hydrogen-bond donors (Lipinski definition) is 1. The van der Waals surface area contributed by atoms with Crippen LogP contribution in [0.2, 0.25) is 0 Å². The van der Waals surface area contributed by atoms with Crippen LogP contribution in [0.4, 0.5) is 0 Å². The molecule has 0 aromatic heterocycles. The number of nitrogens with one attached hydrogen (secondary N) is 1. The molecule has 15 heavy (non-hydrogen) atoms. The van der Waals surface area contributed by atoms with E-state index in [1.165, 1.54) is 25.7 Å². The highest BCUT2D eigenvalue weighted by atomic mass is 16.5. The molecule has 0 aromatic rings. The number of piperidine rings is 1. The fourth-order valence-corrected chi connectivity index (χ4v) is 2.99. The van der Waals surface area contributed by atoms with Crippen molar-refractivity contribution < 1.29 is 4.74 Å². The Balaban J connectivity index is 1.77. The van der Waals surface area contributed by atoms with Crippen molar-refractivity contribution in [3.63, 3.8) is 0 Å². The van der Waals surface area contributed by atoms with Gasteiger partial charge in [-0.15, -0.1) is 0 Å². The molecule has 2 heterocycles. The maximum absolute atomic E-state index is 5.26. The van der Waals surface area contributed by atoms with Gasteiger partial charge >= 0.3 is 0 Å². The highest BCUT2D eigenvalue weighted by Crippen LogP contribution is 2.34. The Bertz CT molecular complexity index is 196. The predicted molar refractivity (Wildman–Crippen MR) is 62.1 cm³/mol. The molecule has 0 amide bonds. The molecule has 3 unspecified atom stereocenters. The Morgan fingerprint density at radius 3 is 2.47 bits per heavy atom. The molecule has 0 aromatic carbocycles. The number of hydrogen-bond acceptors (Lipinski definition) is 3. The summed E-state index contributed by atoms with van der Waals surface area (Å²) in [6.45, 7) is 3.11. The summed E-state index contributed by atoms with van der Waals surface area (Å²) in [5.74, 6) is 0. The van der Waals surface area contributed by atoms with E-state index in [9.17, 15) is 0 Å². The highest BCUT2D eigenvalue weighted by Gasteiger charge is 2.38. The molecule has 3 nitrogen and oxygen atoms in total. The van der Waals surface area contributed by atoms with Gasteiger partial charge in [-0.2, -0.15) is 0 Å². The molecule has 2 rings (SSSR count). The van der Waals surface area contributed by atoms with Crippen LogP contribution in [0.3, 0.4) is 0 Å². The zero-order chi connectivity index (χ0) is 10.8. The summed E-state index contributed by atoms with van der Waals surface area (Å²) in [5.41, 5.74) is 0. The number of ether oxygens (including phenoxy) is 1. The third kappa shape index (κ3) is 2.52. The lowest BCUT2D eigenvalue weighted by Crippen LogP contribution is -2.48. The summed E-state index contributed by atoms with van der Waals surface area (Å²) in [5, 5.41) is 3.64. The third-order valence-electron chi connectivity index (χ3n) is 4.19. The van der Waals surface area contributed by atoms with E-state index in [4.69, 9.17) is 4.74 Å². The lowest BCUT2D eigenvalue weighted by atomic mass is 9.98. The maximum atomic E-state index is 5.26. The van der Waals surface area contributed by atoms with Crippen LogP contribution >= 0.6 is 0 Å². The largest absolute Gasteiger partial charge is 0.380 e. The molecule has 3 heteroatoms. The van der Waals surface area contributed by atoms with Crippen molar-refractivity contribution in [3.8, 4) is 0 Å². The quantitative estimate of drug-likeness (QED) is 0.759. The average Bonchev–Trinajstić information content (AvgIpc) is 2.50. The van der Waals surface area contributed by atoms with Crippen molar-refractivity contribution in [3.05, 3.63) is 0 Å². The Labute approximate surface area is 93.2 Å². The summed E-state index contributed by atoms with van der Waals surface area (Å²) in [4.78, 5) is 2.58. The van der Waals surface area contributed by atoms with Gasteiger partial charge in [0, 0.05) is 31.8 Å². The molecule has 0 aliphatic carbocycles. The van der Waals surface area contributed by atoms with Crippen LogP contribution in [0.25, 0.3) is 0 Å². The minimum atomic E-state index is 0.335. The molecule has 3 atom stereocenters. The molecule has 2 aliphatic heterocycles. The first-order valence-electron chi connectivity index (χ1n) is 6.18. The normalized spacial score (nSPS) is 38.2. The summed E-state index contributed by atoms with van der Waals surface area (Å²) in [7, 11) is 4.07. The van der Waals surface area contributed by atoms with Crippen molar-refractivity contribution in [2.45, 2.75) is 56.8 Å². The summed E-state index contributed by atoms with van der Waals surface area (Å²) >= 11 is 0. The van der Waals surface area contributed by atoms with Crippen LogP contribution in [0.5, 0.6) is 0 Å². The van der Waals surface area contributed by atoms with Crippen LogP contribution in [0.15, 0.2) is 0 Å². The van der Waals surface area contributed by atoms with Crippen LogP contribution in [0, 0.1) is 0 Å². The molecule has 2 aliphatic rings. The van der Waals surface area contributed by atoms with E-state index >= 15 is 0 Å². The van der Waals surface area contributed by atoms with Gasteiger partial charge in [-0.1, -0.05) is 0 Å². The lowest BCUT2D eigenvalue weighted by Gasteiger charge is -2.37. The Hall–Kier alpha value is -0.120. The zero-order valence-corrected chi connectivity index (χ0v) is 10.2. The topological polar surface area (TPSA) is 24.5 Å². The van der Waals surface area contributed by atoms with Gasteiger partial charge in [0.15, 0.2) is 0 Å². The zero-order valence-electron chi connectivity index (χ0n) is 10.2. The number of nitrogens with zero attached hydrogens (tertiary/aromatic N) is 1. The number of fused-ring (bicyclic) bond motifs is 2. The van der Waals surface area contributed by atoms with E-state index in [0.717, 1.165) is 24.7 Å². The van der Waals surface area contributed by atoms with Gasteiger partial charge in [-0.3, -0.25) is 0 Å². The first kappa shape index (κ1) is 11.4. The van der Waals surface area contributed by atoms with E-state index in [0.29, 0.717) is 6.10 Å². The van der Waals surface area contributed by atoms with Gasteiger partial charge in [0.1, 0.15) is 0 Å². The maximum Gasteiger partial charge on any atom is 0.0667 e. The van der Waals surface area contributed by atoms with Gasteiger partial charge in [-0.25, -0.2) is 0 Å². The monoisotopic (exact) mass is 212 g/mol. The number of methoxy groups -OCH3 is 1. The molecule has 0 saturated carbocycles. The standard InChI is InChI=1S/C12H24N2O/c1-9(15-3)8-13-10-6-11-4-5-12(7-10)14(11)2/h9-13H,4-8H2,1-3H3. The van der Waals surface area contributed by atoms with E-state index in [1.54, 1.807) is 7.11 Å². The van der Waals surface area contributed by atoms with Crippen LogP contribution in [0.1, 0.15) is 32.6 Å². The molecular formula is C12H24N2O. The Morgan fingerprint density at radius 1 is 1.33 bits per heavy atom. The average molecular weight is 212 g/mol. The van der Waals surface area contributed by atoms with Crippen LogP contribution in [-0.4, -0.2) is 49.8 Å². The number of rotatable bonds is 4. The molecular weight excluding hydrogens is 188 g/mol. The summed E-state index contributed by atoms with van der Waals surface area (Å²) in [6.07, 6.45) is 5.79. The Morgan fingerprint density at radius 2 is 1.93 bits per heavy atom. The first-order chi connectivity index (χ1) is 7.20. The van der Waals surface area contributed by atoms with Gasteiger partial charge in [0.2, 0.25) is 0 Å². The van der Waals surface area contributed by atoms with Crippen molar-refractivity contribution in [2.75, 3.05) is 20.7 Å². The predicted octanol–water partition coefficient (Wildman–Crippen LogP) is 1.24. The SMILES string of the molecule is COC(C)CNC1CC2CCC(C1)N2C. The molecule has 0 spiro atoms. The Kier molecular flexibility index (Phi) is 3.65. The molecule has 2 saturated heterocycles. The van der Waals surface area contributed by atoms with Crippen molar-refractivity contribution in [2.24, 2.45) is 0 Å². The van der Waals surface area contributed by atoms with Gasteiger partial charge in [0.05, 0.1) is 6.10 Å². The van der Waals surface area contributed by atoms with Crippen molar-refractivity contribution in [1.29, 1.82) is 0 Å². The summed E-state index contributed by atoms with van der Waals surface area (Å²) < 4.78 is 5.26. The van der Waals surface area contributed by atoms with Gasteiger partial charge in [0.25, 0.3) is 0 Å². The van der Waals surface area contributed by atoms with Crippen molar-refractivity contribution in [1.82, 2.24) is 10.2 Å².